The van der Waals surface area contributed by atoms with Crippen LogP contribution in [0.15, 0.2) is 24.3 Å². The van der Waals surface area contributed by atoms with Gasteiger partial charge in [0.15, 0.2) is 0 Å². The second-order valence-electron chi connectivity index (χ2n) is 5.68. The van der Waals surface area contributed by atoms with Gasteiger partial charge in [0.1, 0.15) is 0 Å². The smallest absolute Gasteiger partial charge is 0.0184 e. The van der Waals surface area contributed by atoms with Crippen LogP contribution in [0, 0.1) is 6.92 Å². The van der Waals surface area contributed by atoms with Gasteiger partial charge in [0.05, 0.1) is 0 Å². The molecule has 1 fully saturated rings. The Balaban J connectivity index is 1.50. The molecule has 0 aliphatic heterocycles. The van der Waals surface area contributed by atoms with Crippen molar-refractivity contribution < 1.29 is 0 Å². The maximum atomic E-state index is 3.72. The number of rotatable bonds is 7. The minimum atomic E-state index is 0.815. The average molecular weight is 277 g/mol. The summed E-state index contributed by atoms with van der Waals surface area (Å²) in [5.74, 6) is 2.43. The molecule has 0 saturated heterocycles. The lowest BCUT2D eigenvalue weighted by molar-refractivity contribution is 0.375. The topological polar surface area (TPSA) is 12.0 Å². The summed E-state index contributed by atoms with van der Waals surface area (Å²) in [6.07, 6.45) is 8.41. The summed E-state index contributed by atoms with van der Waals surface area (Å²) in [5, 5.41) is 3.72. The van der Waals surface area contributed by atoms with Crippen LogP contribution in [0.5, 0.6) is 0 Å². The summed E-state index contributed by atoms with van der Waals surface area (Å²) >= 11 is 2.06. The monoisotopic (exact) mass is 277 g/mol. The predicted octanol–water partition coefficient (Wildman–Crippen LogP) is 4.54. The van der Waals surface area contributed by atoms with Gasteiger partial charge < -0.3 is 5.32 Å². The first kappa shape index (κ1) is 14.9. The number of aryl methyl sites for hydroxylation is 1. The van der Waals surface area contributed by atoms with E-state index in [-0.39, 0.29) is 0 Å². The van der Waals surface area contributed by atoms with Crippen LogP contribution in [0.1, 0.15) is 49.7 Å². The second-order valence-corrected chi connectivity index (χ2v) is 6.79. The zero-order chi connectivity index (χ0) is 13.3. The van der Waals surface area contributed by atoms with Crippen molar-refractivity contribution in [3.8, 4) is 0 Å². The van der Waals surface area contributed by atoms with Crippen LogP contribution in [-0.4, -0.2) is 18.3 Å². The van der Waals surface area contributed by atoms with E-state index in [2.05, 4.69) is 48.3 Å². The fraction of sp³-hybridized carbons (Fsp3) is 0.647. The van der Waals surface area contributed by atoms with Crippen LogP contribution in [-0.2, 0) is 5.75 Å². The largest absolute Gasteiger partial charge is 0.314 e. The number of nitrogens with one attached hydrogen (secondary N) is 1. The highest BCUT2D eigenvalue weighted by atomic mass is 32.2. The molecule has 1 aromatic carbocycles. The van der Waals surface area contributed by atoms with Gasteiger partial charge in [-0.2, -0.15) is 11.8 Å². The van der Waals surface area contributed by atoms with Crippen LogP contribution in [0.25, 0.3) is 0 Å². The molecule has 0 bridgehead atoms. The Kier molecular flexibility index (Phi) is 6.80. The lowest BCUT2D eigenvalue weighted by atomic mass is 9.95. The van der Waals surface area contributed by atoms with Gasteiger partial charge in [-0.1, -0.05) is 49.1 Å². The number of benzene rings is 1. The quantitative estimate of drug-likeness (QED) is 0.734. The van der Waals surface area contributed by atoms with E-state index in [4.69, 9.17) is 0 Å². The molecule has 1 saturated carbocycles. The Morgan fingerprint density at radius 3 is 2.84 bits per heavy atom. The normalized spacial score (nSPS) is 16.7. The van der Waals surface area contributed by atoms with Crippen LogP contribution >= 0.6 is 11.8 Å². The molecule has 0 amide bonds. The molecule has 19 heavy (non-hydrogen) atoms. The molecule has 2 rings (SSSR count). The van der Waals surface area contributed by atoms with Gasteiger partial charge in [-0.3, -0.25) is 0 Å². The number of hydrogen-bond donors (Lipinski definition) is 1. The molecular weight excluding hydrogens is 250 g/mol. The minimum Gasteiger partial charge on any atom is -0.314 e. The standard InChI is InChI=1S/C17H27NS/c1-15-7-5-8-16(13-15)14-19-12-6-11-18-17-9-3-2-4-10-17/h5,7-8,13,17-18H,2-4,6,9-12,14H2,1H3. The third kappa shape index (κ3) is 6.01. The van der Waals surface area contributed by atoms with Crippen molar-refractivity contribution in [2.75, 3.05) is 12.3 Å². The molecule has 0 spiro atoms. The summed E-state index contributed by atoms with van der Waals surface area (Å²) in [7, 11) is 0. The van der Waals surface area contributed by atoms with Crippen molar-refractivity contribution in [1.82, 2.24) is 5.32 Å². The molecule has 2 heteroatoms. The van der Waals surface area contributed by atoms with Crippen LogP contribution in [0.2, 0.25) is 0 Å². The van der Waals surface area contributed by atoms with E-state index >= 15 is 0 Å². The molecule has 1 nitrogen and oxygen atoms in total. The number of thioether (sulfide) groups is 1. The molecule has 1 aliphatic rings. The Morgan fingerprint density at radius 1 is 1.21 bits per heavy atom. The van der Waals surface area contributed by atoms with Crippen molar-refractivity contribution in [3.63, 3.8) is 0 Å². The molecule has 1 aromatic rings. The molecule has 0 heterocycles. The van der Waals surface area contributed by atoms with Gasteiger partial charge in [0.25, 0.3) is 0 Å². The van der Waals surface area contributed by atoms with E-state index in [0.717, 1.165) is 11.8 Å². The second kappa shape index (κ2) is 8.65. The fourth-order valence-corrected chi connectivity index (χ4v) is 3.69. The molecule has 0 radical (unpaired) electrons. The first-order chi connectivity index (χ1) is 9.34. The van der Waals surface area contributed by atoms with E-state index in [1.165, 1.54) is 61.9 Å². The van der Waals surface area contributed by atoms with Crippen molar-refractivity contribution in [2.24, 2.45) is 0 Å². The lowest BCUT2D eigenvalue weighted by Crippen LogP contribution is -2.31. The Hall–Kier alpha value is -0.470. The molecule has 0 aromatic heterocycles. The highest BCUT2D eigenvalue weighted by Crippen LogP contribution is 2.18. The Morgan fingerprint density at radius 2 is 2.05 bits per heavy atom. The molecule has 0 atom stereocenters. The molecule has 106 valence electrons. The fourth-order valence-electron chi connectivity index (χ4n) is 2.78. The van der Waals surface area contributed by atoms with E-state index in [1.54, 1.807) is 0 Å². The minimum absolute atomic E-state index is 0.815. The molecular formula is C17H27NS. The van der Waals surface area contributed by atoms with E-state index in [1.807, 2.05) is 0 Å². The average Bonchev–Trinajstić information content (AvgIpc) is 2.44. The van der Waals surface area contributed by atoms with Crippen LogP contribution < -0.4 is 5.32 Å². The Labute approximate surface area is 122 Å². The van der Waals surface area contributed by atoms with Crippen LogP contribution in [0.4, 0.5) is 0 Å². The van der Waals surface area contributed by atoms with Gasteiger partial charge in [-0.15, -0.1) is 0 Å². The highest BCUT2D eigenvalue weighted by molar-refractivity contribution is 7.98. The zero-order valence-corrected chi connectivity index (χ0v) is 13.0. The first-order valence-electron chi connectivity index (χ1n) is 7.71. The van der Waals surface area contributed by atoms with Gasteiger partial charge in [-0.05, 0) is 44.0 Å². The zero-order valence-electron chi connectivity index (χ0n) is 12.2. The van der Waals surface area contributed by atoms with E-state index in [0.29, 0.717) is 0 Å². The third-order valence-corrected chi connectivity index (χ3v) is 4.97. The van der Waals surface area contributed by atoms with Crippen LogP contribution in [0.3, 0.4) is 0 Å². The summed E-state index contributed by atoms with van der Waals surface area (Å²) in [6, 6.07) is 9.68. The summed E-state index contributed by atoms with van der Waals surface area (Å²) in [4.78, 5) is 0. The molecule has 1 aliphatic carbocycles. The maximum absolute atomic E-state index is 3.72. The predicted molar refractivity (Wildman–Crippen MR) is 86.8 cm³/mol. The summed E-state index contributed by atoms with van der Waals surface area (Å²) < 4.78 is 0. The molecule has 1 N–H and O–H groups in total. The Bertz CT molecular complexity index is 358. The number of hydrogen-bond acceptors (Lipinski definition) is 2. The summed E-state index contributed by atoms with van der Waals surface area (Å²) in [5.41, 5.74) is 2.84. The van der Waals surface area contributed by atoms with Crippen molar-refractivity contribution >= 4 is 11.8 Å². The first-order valence-corrected chi connectivity index (χ1v) is 8.87. The van der Waals surface area contributed by atoms with Gasteiger partial charge in [0.2, 0.25) is 0 Å². The van der Waals surface area contributed by atoms with Crippen molar-refractivity contribution in [1.29, 1.82) is 0 Å². The summed E-state index contributed by atoms with van der Waals surface area (Å²) in [6.45, 7) is 3.37. The highest BCUT2D eigenvalue weighted by Gasteiger charge is 2.11. The van der Waals surface area contributed by atoms with Gasteiger partial charge in [0, 0.05) is 11.8 Å². The molecule has 0 unspecified atom stereocenters. The van der Waals surface area contributed by atoms with E-state index in [9.17, 15) is 0 Å². The SMILES string of the molecule is Cc1cccc(CSCCCNC2CCCCC2)c1. The maximum Gasteiger partial charge on any atom is 0.0184 e. The van der Waals surface area contributed by atoms with Gasteiger partial charge in [-0.25, -0.2) is 0 Å². The third-order valence-electron chi connectivity index (χ3n) is 3.85. The van der Waals surface area contributed by atoms with Gasteiger partial charge >= 0.3 is 0 Å². The van der Waals surface area contributed by atoms with Crippen molar-refractivity contribution in [3.05, 3.63) is 35.4 Å². The van der Waals surface area contributed by atoms with Crippen molar-refractivity contribution in [2.45, 2.75) is 57.2 Å². The van der Waals surface area contributed by atoms with E-state index < -0.39 is 0 Å². The lowest BCUT2D eigenvalue weighted by Gasteiger charge is -2.22.